The highest BCUT2D eigenvalue weighted by Gasteiger charge is 2.25. The molecule has 0 aromatic heterocycles. The molecule has 21 heavy (non-hydrogen) atoms. The third-order valence-electron chi connectivity index (χ3n) is 4.90. The monoisotopic (exact) mass is 306 g/mol. The van der Waals surface area contributed by atoms with Crippen molar-refractivity contribution in [3.05, 3.63) is 28.8 Å². The van der Waals surface area contributed by atoms with Crippen molar-refractivity contribution < 1.29 is 0 Å². The summed E-state index contributed by atoms with van der Waals surface area (Å²) in [7, 11) is 0. The van der Waals surface area contributed by atoms with Crippen LogP contribution in [0, 0.1) is 0 Å². The van der Waals surface area contributed by atoms with Gasteiger partial charge in [-0.05, 0) is 44.2 Å². The van der Waals surface area contributed by atoms with Gasteiger partial charge in [-0.1, -0.05) is 37.4 Å². The molecule has 116 valence electrons. The predicted molar refractivity (Wildman–Crippen MR) is 91.2 cm³/mol. The van der Waals surface area contributed by atoms with Crippen LogP contribution < -0.4 is 10.2 Å². The minimum absolute atomic E-state index is 0.672. The molecular formula is C18H27ClN2. The molecule has 3 heteroatoms. The van der Waals surface area contributed by atoms with Gasteiger partial charge < -0.3 is 10.2 Å². The van der Waals surface area contributed by atoms with Gasteiger partial charge in [0.15, 0.2) is 0 Å². The Kier molecular flexibility index (Phi) is 5.07. The third-order valence-corrected chi connectivity index (χ3v) is 5.25. The molecule has 0 bridgehead atoms. The maximum Gasteiger partial charge on any atom is 0.0471 e. The van der Waals surface area contributed by atoms with E-state index in [2.05, 4.69) is 29.3 Å². The van der Waals surface area contributed by atoms with Gasteiger partial charge in [0.05, 0.1) is 0 Å². The van der Waals surface area contributed by atoms with Crippen LogP contribution in [0.3, 0.4) is 0 Å². The lowest BCUT2D eigenvalue weighted by Crippen LogP contribution is -2.35. The molecule has 1 atom stereocenters. The number of benzene rings is 1. The van der Waals surface area contributed by atoms with Crippen molar-refractivity contribution in [2.24, 2.45) is 0 Å². The molecule has 2 nitrogen and oxygen atoms in total. The quantitative estimate of drug-likeness (QED) is 0.844. The van der Waals surface area contributed by atoms with Gasteiger partial charge in [0.2, 0.25) is 0 Å². The normalized spacial score (nSPS) is 23.1. The number of hydrogen-bond donors (Lipinski definition) is 1. The number of hydrogen-bond acceptors (Lipinski definition) is 2. The van der Waals surface area contributed by atoms with Crippen LogP contribution in [0.1, 0.15) is 57.4 Å². The van der Waals surface area contributed by atoms with Crippen LogP contribution in [0.15, 0.2) is 18.2 Å². The van der Waals surface area contributed by atoms with E-state index in [0.717, 1.165) is 17.6 Å². The standard InChI is InChI=1S/C18H27ClN2/c1-2-15-7-4-3-5-12-21(15)18-9-6-8-17(19)16(18)13-20-14-10-11-14/h6,8-9,14-15,20H,2-5,7,10-13H2,1H3. The molecule has 1 aliphatic carbocycles. The van der Waals surface area contributed by atoms with Crippen LogP contribution in [-0.4, -0.2) is 18.6 Å². The fourth-order valence-electron chi connectivity index (χ4n) is 3.44. The molecule has 1 aliphatic heterocycles. The van der Waals surface area contributed by atoms with Gasteiger partial charge in [0.1, 0.15) is 0 Å². The highest BCUT2D eigenvalue weighted by molar-refractivity contribution is 6.31. The van der Waals surface area contributed by atoms with Crippen molar-refractivity contribution in [3.63, 3.8) is 0 Å². The SMILES string of the molecule is CCC1CCCCCN1c1cccc(Cl)c1CNC1CC1. The van der Waals surface area contributed by atoms with Crippen molar-refractivity contribution in [3.8, 4) is 0 Å². The van der Waals surface area contributed by atoms with Gasteiger partial charge in [-0.3, -0.25) is 0 Å². The van der Waals surface area contributed by atoms with Crippen LogP contribution in [0.2, 0.25) is 5.02 Å². The number of nitrogens with zero attached hydrogens (tertiary/aromatic N) is 1. The smallest absolute Gasteiger partial charge is 0.0471 e. The average molecular weight is 307 g/mol. The van der Waals surface area contributed by atoms with Gasteiger partial charge in [-0.2, -0.15) is 0 Å². The number of nitrogens with one attached hydrogen (secondary N) is 1. The van der Waals surface area contributed by atoms with E-state index >= 15 is 0 Å². The minimum atomic E-state index is 0.672. The minimum Gasteiger partial charge on any atom is -0.368 e. The molecule has 1 unspecified atom stereocenters. The summed E-state index contributed by atoms with van der Waals surface area (Å²) >= 11 is 6.52. The first kappa shape index (κ1) is 15.2. The second-order valence-corrected chi connectivity index (χ2v) is 6.90. The van der Waals surface area contributed by atoms with Crippen LogP contribution in [0.5, 0.6) is 0 Å². The molecule has 1 heterocycles. The van der Waals surface area contributed by atoms with Crippen LogP contribution in [0.4, 0.5) is 5.69 Å². The number of rotatable bonds is 5. The van der Waals surface area contributed by atoms with Crippen molar-refractivity contribution in [2.45, 2.75) is 70.5 Å². The van der Waals surface area contributed by atoms with Gasteiger partial charge in [0, 0.05) is 41.4 Å². The molecule has 1 aromatic rings. The lowest BCUT2D eigenvalue weighted by molar-refractivity contribution is 0.553. The largest absolute Gasteiger partial charge is 0.368 e. The molecule has 1 aromatic carbocycles. The summed E-state index contributed by atoms with van der Waals surface area (Å²) in [5.74, 6) is 0. The topological polar surface area (TPSA) is 15.3 Å². The first-order valence-electron chi connectivity index (χ1n) is 8.57. The van der Waals surface area contributed by atoms with Gasteiger partial charge >= 0.3 is 0 Å². The van der Waals surface area contributed by atoms with Crippen LogP contribution in [0.25, 0.3) is 0 Å². The van der Waals surface area contributed by atoms with Crippen LogP contribution in [-0.2, 0) is 6.54 Å². The van der Waals surface area contributed by atoms with Crippen molar-refractivity contribution in [1.29, 1.82) is 0 Å². The summed E-state index contributed by atoms with van der Waals surface area (Å²) in [5, 5.41) is 4.55. The van der Waals surface area contributed by atoms with E-state index in [1.165, 1.54) is 62.7 Å². The highest BCUT2D eigenvalue weighted by atomic mass is 35.5. The average Bonchev–Trinajstić information content (AvgIpc) is 3.32. The van der Waals surface area contributed by atoms with E-state index in [9.17, 15) is 0 Å². The maximum atomic E-state index is 6.52. The first-order chi connectivity index (χ1) is 10.3. The summed E-state index contributed by atoms with van der Waals surface area (Å²) in [5.41, 5.74) is 2.66. The molecule has 1 N–H and O–H groups in total. The zero-order chi connectivity index (χ0) is 14.7. The van der Waals surface area contributed by atoms with Crippen molar-refractivity contribution >= 4 is 17.3 Å². The Labute approximate surface area is 133 Å². The molecule has 1 saturated carbocycles. The Hall–Kier alpha value is -0.730. The summed E-state index contributed by atoms with van der Waals surface area (Å²) in [4.78, 5) is 2.63. The summed E-state index contributed by atoms with van der Waals surface area (Å²) in [6, 6.07) is 7.80. The van der Waals surface area contributed by atoms with Crippen molar-refractivity contribution in [2.75, 3.05) is 11.4 Å². The predicted octanol–water partition coefficient (Wildman–Crippen LogP) is 4.75. The Balaban J connectivity index is 1.85. The fourth-order valence-corrected chi connectivity index (χ4v) is 3.68. The number of anilines is 1. The second kappa shape index (κ2) is 7.02. The van der Waals surface area contributed by atoms with E-state index in [4.69, 9.17) is 11.6 Å². The zero-order valence-corrected chi connectivity index (χ0v) is 13.8. The molecule has 0 radical (unpaired) electrons. The fraction of sp³-hybridized carbons (Fsp3) is 0.667. The highest BCUT2D eigenvalue weighted by Crippen LogP contribution is 2.33. The van der Waals surface area contributed by atoms with Gasteiger partial charge in [-0.25, -0.2) is 0 Å². The van der Waals surface area contributed by atoms with E-state index in [1.807, 2.05) is 6.07 Å². The summed E-state index contributed by atoms with van der Waals surface area (Å²) < 4.78 is 0. The Morgan fingerprint density at radius 3 is 2.81 bits per heavy atom. The molecule has 2 aliphatic rings. The molecule has 0 amide bonds. The maximum absolute atomic E-state index is 6.52. The second-order valence-electron chi connectivity index (χ2n) is 6.50. The first-order valence-corrected chi connectivity index (χ1v) is 8.94. The molecular weight excluding hydrogens is 280 g/mol. The van der Waals surface area contributed by atoms with Gasteiger partial charge in [-0.15, -0.1) is 0 Å². The molecule has 0 spiro atoms. The zero-order valence-electron chi connectivity index (χ0n) is 13.1. The molecule has 1 saturated heterocycles. The van der Waals surface area contributed by atoms with E-state index in [-0.39, 0.29) is 0 Å². The van der Waals surface area contributed by atoms with E-state index in [1.54, 1.807) is 0 Å². The molecule has 3 rings (SSSR count). The Morgan fingerprint density at radius 1 is 1.19 bits per heavy atom. The molecule has 2 fully saturated rings. The van der Waals surface area contributed by atoms with E-state index < -0.39 is 0 Å². The third kappa shape index (κ3) is 3.73. The summed E-state index contributed by atoms with van der Waals surface area (Å²) in [6.45, 7) is 4.40. The van der Waals surface area contributed by atoms with E-state index in [0.29, 0.717) is 6.04 Å². The Morgan fingerprint density at radius 2 is 2.05 bits per heavy atom. The lowest BCUT2D eigenvalue weighted by atomic mass is 10.0. The summed E-state index contributed by atoms with van der Waals surface area (Å²) in [6.07, 6.45) is 9.22. The Bertz CT molecular complexity index is 470. The van der Waals surface area contributed by atoms with Gasteiger partial charge in [0.25, 0.3) is 0 Å². The van der Waals surface area contributed by atoms with Crippen LogP contribution >= 0.6 is 11.6 Å². The number of halogens is 1. The van der Waals surface area contributed by atoms with Crippen molar-refractivity contribution in [1.82, 2.24) is 5.32 Å². The lowest BCUT2D eigenvalue weighted by Gasteiger charge is -2.33.